The highest BCUT2D eigenvalue weighted by Crippen LogP contribution is 2.41. The summed E-state index contributed by atoms with van der Waals surface area (Å²) in [5.41, 5.74) is 2.62. The van der Waals surface area contributed by atoms with E-state index in [0.29, 0.717) is 0 Å². The first-order chi connectivity index (χ1) is 8.28. The highest BCUT2D eigenvalue weighted by molar-refractivity contribution is 7.99. The standard InChI is InChI=1S/C15H15NS/c1-15(12-7-3-2-4-8-12)11-17-14-10-6-5-9-13(14)16-15/h2-10,16H,11H2,1H3. The molecule has 0 bridgehead atoms. The van der Waals surface area contributed by atoms with E-state index in [1.165, 1.54) is 16.1 Å². The summed E-state index contributed by atoms with van der Waals surface area (Å²) in [5, 5.41) is 3.67. The third-order valence-electron chi connectivity index (χ3n) is 3.22. The van der Waals surface area contributed by atoms with E-state index in [0.717, 1.165) is 5.75 Å². The van der Waals surface area contributed by atoms with Gasteiger partial charge < -0.3 is 5.32 Å². The number of rotatable bonds is 1. The molecule has 0 aliphatic carbocycles. The Kier molecular flexibility index (Phi) is 2.60. The monoisotopic (exact) mass is 241 g/mol. The van der Waals surface area contributed by atoms with Crippen LogP contribution in [-0.2, 0) is 5.54 Å². The number of fused-ring (bicyclic) bond motifs is 1. The second-order valence-corrected chi connectivity index (χ2v) is 5.63. The van der Waals surface area contributed by atoms with Crippen LogP contribution in [0, 0.1) is 0 Å². The molecule has 0 saturated heterocycles. The van der Waals surface area contributed by atoms with Crippen LogP contribution < -0.4 is 5.32 Å². The average Bonchev–Trinajstić information content (AvgIpc) is 2.40. The number of thioether (sulfide) groups is 1. The van der Waals surface area contributed by atoms with Crippen LogP contribution in [0.1, 0.15) is 12.5 Å². The molecule has 0 spiro atoms. The van der Waals surface area contributed by atoms with Gasteiger partial charge in [0.05, 0.1) is 5.54 Å². The fraction of sp³-hybridized carbons (Fsp3) is 0.200. The molecule has 2 aromatic rings. The summed E-state index contributed by atoms with van der Waals surface area (Å²) < 4.78 is 0. The van der Waals surface area contributed by atoms with Gasteiger partial charge in [0.2, 0.25) is 0 Å². The Bertz CT molecular complexity index is 523. The van der Waals surface area contributed by atoms with Gasteiger partial charge in [-0.1, -0.05) is 42.5 Å². The third kappa shape index (κ3) is 1.93. The van der Waals surface area contributed by atoms with Crippen molar-refractivity contribution in [2.75, 3.05) is 11.1 Å². The number of hydrogen-bond donors (Lipinski definition) is 1. The van der Waals surface area contributed by atoms with E-state index in [1.807, 2.05) is 11.8 Å². The summed E-state index contributed by atoms with van der Waals surface area (Å²) >= 11 is 1.93. The zero-order chi connectivity index (χ0) is 11.7. The van der Waals surface area contributed by atoms with E-state index < -0.39 is 0 Å². The Balaban J connectivity index is 1.98. The highest BCUT2D eigenvalue weighted by atomic mass is 32.2. The van der Waals surface area contributed by atoms with Gasteiger partial charge in [0.15, 0.2) is 0 Å². The van der Waals surface area contributed by atoms with Crippen molar-refractivity contribution in [2.45, 2.75) is 17.4 Å². The van der Waals surface area contributed by atoms with Crippen LogP contribution in [0.4, 0.5) is 5.69 Å². The number of benzene rings is 2. The fourth-order valence-corrected chi connectivity index (χ4v) is 3.35. The summed E-state index contributed by atoms with van der Waals surface area (Å²) in [7, 11) is 0. The van der Waals surface area contributed by atoms with Gasteiger partial charge in [0, 0.05) is 16.3 Å². The molecule has 86 valence electrons. The molecule has 0 aromatic heterocycles. The molecule has 3 rings (SSSR count). The van der Waals surface area contributed by atoms with Crippen LogP contribution in [0.15, 0.2) is 59.5 Å². The van der Waals surface area contributed by atoms with Crippen LogP contribution in [0.25, 0.3) is 0 Å². The molecular weight excluding hydrogens is 226 g/mol. The van der Waals surface area contributed by atoms with E-state index in [-0.39, 0.29) is 5.54 Å². The molecule has 1 nitrogen and oxygen atoms in total. The summed E-state index contributed by atoms with van der Waals surface area (Å²) in [5.74, 6) is 1.06. The van der Waals surface area contributed by atoms with Gasteiger partial charge in [-0.15, -0.1) is 11.8 Å². The molecule has 2 heteroatoms. The van der Waals surface area contributed by atoms with E-state index in [4.69, 9.17) is 0 Å². The van der Waals surface area contributed by atoms with Crippen LogP contribution >= 0.6 is 11.8 Å². The van der Waals surface area contributed by atoms with E-state index in [2.05, 4.69) is 66.8 Å². The quantitative estimate of drug-likeness (QED) is 0.806. The molecule has 1 aliphatic rings. The molecular formula is C15H15NS. The van der Waals surface area contributed by atoms with Gasteiger partial charge in [0.1, 0.15) is 0 Å². The largest absolute Gasteiger partial charge is 0.374 e. The molecule has 1 aliphatic heterocycles. The Labute approximate surface area is 106 Å². The van der Waals surface area contributed by atoms with Crippen LogP contribution in [0.5, 0.6) is 0 Å². The fourth-order valence-electron chi connectivity index (χ4n) is 2.21. The number of nitrogens with one attached hydrogen (secondary N) is 1. The molecule has 17 heavy (non-hydrogen) atoms. The normalized spacial score (nSPS) is 22.6. The zero-order valence-electron chi connectivity index (χ0n) is 9.81. The van der Waals surface area contributed by atoms with Crippen LogP contribution in [0.2, 0.25) is 0 Å². The van der Waals surface area contributed by atoms with Crippen molar-refractivity contribution in [3.8, 4) is 0 Å². The number of hydrogen-bond acceptors (Lipinski definition) is 2. The molecule has 0 saturated carbocycles. The molecule has 0 amide bonds. The van der Waals surface area contributed by atoms with E-state index in [9.17, 15) is 0 Å². The first kappa shape index (κ1) is 10.7. The highest BCUT2D eigenvalue weighted by Gasteiger charge is 2.30. The van der Waals surface area contributed by atoms with Crippen LogP contribution in [-0.4, -0.2) is 5.75 Å². The smallest absolute Gasteiger partial charge is 0.0691 e. The molecule has 0 fully saturated rings. The van der Waals surface area contributed by atoms with Crippen molar-refractivity contribution >= 4 is 17.4 Å². The maximum Gasteiger partial charge on any atom is 0.0691 e. The Morgan fingerprint density at radius 2 is 1.71 bits per heavy atom. The topological polar surface area (TPSA) is 12.0 Å². The first-order valence-corrected chi connectivity index (χ1v) is 6.82. The van der Waals surface area contributed by atoms with Gasteiger partial charge >= 0.3 is 0 Å². The number of para-hydroxylation sites is 1. The van der Waals surface area contributed by atoms with Crippen molar-refractivity contribution in [3.05, 3.63) is 60.2 Å². The summed E-state index contributed by atoms with van der Waals surface area (Å²) in [6.45, 7) is 2.27. The van der Waals surface area contributed by atoms with Crippen LogP contribution in [0.3, 0.4) is 0 Å². The molecule has 1 N–H and O–H groups in total. The molecule has 1 unspecified atom stereocenters. The van der Waals surface area contributed by atoms with Gasteiger partial charge in [-0.05, 0) is 24.6 Å². The second kappa shape index (κ2) is 4.11. The third-order valence-corrected chi connectivity index (χ3v) is 4.61. The Hall–Kier alpha value is -1.41. The second-order valence-electron chi connectivity index (χ2n) is 4.61. The number of anilines is 1. The summed E-state index contributed by atoms with van der Waals surface area (Å²) in [6, 6.07) is 19.2. The predicted octanol–water partition coefficient (Wildman–Crippen LogP) is 4.12. The lowest BCUT2D eigenvalue weighted by Gasteiger charge is -2.37. The predicted molar refractivity (Wildman–Crippen MR) is 74.6 cm³/mol. The Morgan fingerprint density at radius 3 is 2.53 bits per heavy atom. The van der Waals surface area contributed by atoms with Gasteiger partial charge in [-0.3, -0.25) is 0 Å². The lowest BCUT2D eigenvalue weighted by Crippen LogP contribution is -2.37. The van der Waals surface area contributed by atoms with E-state index >= 15 is 0 Å². The van der Waals surface area contributed by atoms with Crippen molar-refractivity contribution in [1.82, 2.24) is 0 Å². The minimum Gasteiger partial charge on any atom is -0.374 e. The SMILES string of the molecule is CC1(c2ccccc2)CSc2ccccc2N1. The maximum atomic E-state index is 3.67. The lowest BCUT2D eigenvalue weighted by atomic mass is 9.93. The summed E-state index contributed by atoms with van der Waals surface area (Å²) in [6.07, 6.45) is 0. The van der Waals surface area contributed by atoms with Crippen molar-refractivity contribution in [3.63, 3.8) is 0 Å². The molecule has 1 heterocycles. The minimum absolute atomic E-state index is 0.0281. The minimum atomic E-state index is 0.0281. The zero-order valence-corrected chi connectivity index (χ0v) is 10.6. The van der Waals surface area contributed by atoms with Gasteiger partial charge in [0.25, 0.3) is 0 Å². The van der Waals surface area contributed by atoms with Crippen molar-refractivity contribution in [2.24, 2.45) is 0 Å². The molecule has 2 aromatic carbocycles. The molecule has 1 atom stereocenters. The maximum absolute atomic E-state index is 3.67. The van der Waals surface area contributed by atoms with Gasteiger partial charge in [-0.2, -0.15) is 0 Å². The lowest BCUT2D eigenvalue weighted by molar-refractivity contribution is 0.613. The summed E-state index contributed by atoms with van der Waals surface area (Å²) in [4.78, 5) is 1.35. The van der Waals surface area contributed by atoms with Gasteiger partial charge in [-0.25, -0.2) is 0 Å². The van der Waals surface area contributed by atoms with Crippen molar-refractivity contribution < 1.29 is 0 Å². The Morgan fingerprint density at radius 1 is 1.00 bits per heavy atom. The first-order valence-electron chi connectivity index (χ1n) is 5.83. The van der Waals surface area contributed by atoms with Crippen molar-refractivity contribution in [1.29, 1.82) is 0 Å². The van der Waals surface area contributed by atoms with E-state index in [1.54, 1.807) is 0 Å². The molecule has 0 radical (unpaired) electrons. The average molecular weight is 241 g/mol.